The van der Waals surface area contributed by atoms with Gasteiger partial charge < -0.3 is 5.73 Å². The van der Waals surface area contributed by atoms with E-state index in [9.17, 15) is 0 Å². The van der Waals surface area contributed by atoms with Crippen molar-refractivity contribution in [1.29, 1.82) is 0 Å². The molecular formula is C18H28N4. The first-order chi connectivity index (χ1) is 10.6. The summed E-state index contributed by atoms with van der Waals surface area (Å²) < 4.78 is 2.30. The van der Waals surface area contributed by atoms with Crippen LogP contribution in [0.3, 0.4) is 0 Å². The summed E-state index contributed by atoms with van der Waals surface area (Å²) in [4.78, 5) is 0. The van der Waals surface area contributed by atoms with Gasteiger partial charge in [-0.2, -0.15) is 0 Å². The van der Waals surface area contributed by atoms with E-state index in [1.165, 1.54) is 5.70 Å². The average molecular weight is 300 g/mol. The molecule has 3 fully saturated rings. The van der Waals surface area contributed by atoms with E-state index in [1.807, 2.05) is 0 Å². The van der Waals surface area contributed by atoms with E-state index in [4.69, 9.17) is 5.73 Å². The van der Waals surface area contributed by atoms with Crippen molar-refractivity contribution in [3.05, 3.63) is 29.9 Å². The quantitative estimate of drug-likeness (QED) is 0.865. The molecule has 1 aromatic heterocycles. The van der Waals surface area contributed by atoms with Gasteiger partial charge in [-0.25, -0.2) is 0 Å². The normalized spacial score (nSPS) is 32.1. The second-order valence-corrected chi connectivity index (χ2v) is 6.99. The molecule has 4 nitrogen and oxygen atoms in total. The second-order valence-electron chi connectivity index (χ2n) is 6.99. The zero-order valence-electron chi connectivity index (χ0n) is 14.1. The van der Waals surface area contributed by atoms with Crippen molar-refractivity contribution in [2.45, 2.75) is 76.7 Å². The lowest BCUT2D eigenvalue weighted by atomic mass is 9.57. The van der Waals surface area contributed by atoms with Gasteiger partial charge in [0.1, 0.15) is 11.6 Å². The van der Waals surface area contributed by atoms with Crippen LogP contribution in [0.5, 0.6) is 0 Å². The molecule has 4 heteroatoms. The zero-order valence-corrected chi connectivity index (χ0v) is 14.1. The van der Waals surface area contributed by atoms with Gasteiger partial charge in [0, 0.05) is 23.1 Å². The van der Waals surface area contributed by atoms with Crippen LogP contribution in [0.25, 0.3) is 5.70 Å². The van der Waals surface area contributed by atoms with Crippen molar-refractivity contribution in [1.82, 2.24) is 14.8 Å². The zero-order chi connectivity index (χ0) is 15.8. The largest absolute Gasteiger partial charge is 0.325 e. The van der Waals surface area contributed by atoms with Gasteiger partial charge in [-0.05, 0) is 58.4 Å². The van der Waals surface area contributed by atoms with Crippen molar-refractivity contribution in [3.63, 3.8) is 0 Å². The summed E-state index contributed by atoms with van der Waals surface area (Å²) in [6.07, 6.45) is 14.1. The molecule has 3 saturated carbocycles. The lowest BCUT2D eigenvalue weighted by molar-refractivity contribution is 0.0994. The van der Waals surface area contributed by atoms with E-state index in [0.29, 0.717) is 0 Å². The van der Waals surface area contributed by atoms with Crippen LogP contribution in [0.1, 0.15) is 70.9 Å². The van der Waals surface area contributed by atoms with Gasteiger partial charge in [0.05, 0.1) is 0 Å². The molecule has 0 radical (unpaired) electrons. The molecule has 4 rings (SSSR count). The van der Waals surface area contributed by atoms with Gasteiger partial charge in [-0.1, -0.05) is 19.1 Å². The lowest BCUT2D eigenvalue weighted by Crippen LogP contribution is -2.54. The number of hydrogen-bond donors (Lipinski definition) is 1. The smallest absolute Gasteiger partial charge is 0.143 e. The molecule has 22 heavy (non-hydrogen) atoms. The Labute approximate surface area is 133 Å². The predicted octanol–water partition coefficient (Wildman–Crippen LogP) is 3.58. The number of fused-ring (bicyclic) bond motifs is 3. The molecule has 0 aliphatic heterocycles. The Balaban J connectivity index is 2.07. The van der Waals surface area contributed by atoms with E-state index in [-0.39, 0.29) is 11.0 Å². The van der Waals surface area contributed by atoms with E-state index in [1.54, 1.807) is 0 Å². The topological polar surface area (TPSA) is 56.7 Å². The summed E-state index contributed by atoms with van der Waals surface area (Å²) in [5.74, 6) is 2.23. The number of rotatable bonds is 4. The van der Waals surface area contributed by atoms with Crippen molar-refractivity contribution in [3.8, 4) is 0 Å². The van der Waals surface area contributed by atoms with Crippen LogP contribution in [0.15, 0.2) is 18.2 Å². The molecule has 1 aromatic rings. The molecule has 0 saturated heterocycles. The Hall–Kier alpha value is -1.42. The third kappa shape index (κ3) is 2.34. The average Bonchev–Trinajstić information content (AvgIpc) is 2.98. The van der Waals surface area contributed by atoms with Crippen LogP contribution in [0.4, 0.5) is 0 Å². The first-order valence-electron chi connectivity index (χ1n) is 8.60. The highest BCUT2D eigenvalue weighted by molar-refractivity contribution is 5.58. The Kier molecular flexibility index (Phi) is 3.98. The minimum atomic E-state index is 0.0902. The highest BCUT2D eigenvalue weighted by Crippen LogP contribution is 2.52. The lowest BCUT2D eigenvalue weighted by Gasteiger charge is -2.51. The van der Waals surface area contributed by atoms with Gasteiger partial charge in [-0.15, -0.1) is 10.2 Å². The predicted molar refractivity (Wildman–Crippen MR) is 90.5 cm³/mol. The van der Waals surface area contributed by atoms with Crippen molar-refractivity contribution >= 4 is 5.70 Å². The Morgan fingerprint density at radius 1 is 1.14 bits per heavy atom. The van der Waals surface area contributed by atoms with E-state index < -0.39 is 0 Å². The molecule has 0 spiro atoms. The highest BCUT2D eigenvalue weighted by Gasteiger charge is 2.50. The van der Waals surface area contributed by atoms with Crippen LogP contribution in [0, 0.1) is 0 Å². The number of nitrogens with two attached hydrogens (primary N) is 1. The van der Waals surface area contributed by atoms with E-state index >= 15 is 0 Å². The fraction of sp³-hybridized carbons (Fsp3) is 0.667. The summed E-state index contributed by atoms with van der Waals surface area (Å²) in [5, 5.41) is 9.15. The van der Waals surface area contributed by atoms with Crippen LogP contribution < -0.4 is 5.73 Å². The molecule has 1 heterocycles. The Morgan fingerprint density at radius 2 is 1.77 bits per heavy atom. The Morgan fingerprint density at radius 3 is 2.27 bits per heavy atom. The summed E-state index contributed by atoms with van der Waals surface area (Å²) in [7, 11) is 0. The van der Waals surface area contributed by atoms with E-state index in [0.717, 1.165) is 56.6 Å². The molecule has 120 valence electrons. The molecular weight excluding hydrogens is 272 g/mol. The van der Waals surface area contributed by atoms with Crippen molar-refractivity contribution in [2.24, 2.45) is 5.73 Å². The standard InChI is InChI=1S/C18H28N4/c1-4-7-14(5-2)22-15(6-3)20-21-16(22)17-8-11-18(19,12-9-17)13-10-17/h4-5,7H,6,8-13,19H2,1-3H3. The number of allylic oxidation sites excluding steroid dienone is 4. The maximum atomic E-state index is 6.47. The molecule has 0 aromatic carbocycles. The maximum Gasteiger partial charge on any atom is 0.143 e. The highest BCUT2D eigenvalue weighted by atomic mass is 15.3. The third-order valence-electron chi connectivity index (χ3n) is 5.72. The van der Waals surface area contributed by atoms with Crippen LogP contribution in [-0.2, 0) is 11.8 Å². The summed E-state index contributed by atoms with van der Waals surface area (Å²) >= 11 is 0. The summed E-state index contributed by atoms with van der Waals surface area (Å²) in [5.41, 5.74) is 7.92. The Bertz CT molecular complexity index is 584. The van der Waals surface area contributed by atoms with Crippen LogP contribution in [0.2, 0.25) is 0 Å². The number of hydrogen-bond acceptors (Lipinski definition) is 3. The fourth-order valence-corrected chi connectivity index (χ4v) is 4.18. The van der Waals surface area contributed by atoms with Crippen LogP contribution in [-0.4, -0.2) is 20.3 Å². The number of aryl methyl sites for hydroxylation is 1. The SMILES string of the molecule is CC=CC(=CC)n1c(CC)nnc1C12CCC(N)(CC1)CC2. The fourth-order valence-electron chi connectivity index (χ4n) is 4.18. The minimum absolute atomic E-state index is 0.0902. The van der Waals surface area contributed by atoms with Gasteiger partial charge in [0.15, 0.2) is 0 Å². The number of aromatic nitrogens is 3. The monoisotopic (exact) mass is 300 g/mol. The van der Waals surface area contributed by atoms with Gasteiger partial charge in [-0.3, -0.25) is 4.57 Å². The van der Waals surface area contributed by atoms with Crippen molar-refractivity contribution in [2.75, 3.05) is 0 Å². The first-order valence-corrected chi connectivity index (χ1v) is 8.60. The third-order valence-corrected chi connectivity index (χ3v) is 5.72. The first kappa shape index (κ1) is 15.5. The molecule has 2 N–H and O–H groups in total. The molecule has 0 amide bonds. The van der Waals surface area contributed by atoms with Crippen molar-refractivity contribution < 1.29 is 0 Å². The maximum absolute atomic E-state index is 6.47. The summed E-state index contributed by atoms with van der Waals surface area (Å²) in [6.45, 7) is 6.29. The van der Waals surface area contributed by atoms with Crippen LogP contribution >= 0.6 is 0 Å². The summed E-state index contributed by atoms with van der Waals surface area (Å²) in [6, 6.07) is 0. The minimum Gasteiger partial charge on any atom is -0.325 e. The van der Waals surface area contributed by atoms with Gasteiger partial charge >= 0.3 is 0 Å². The van der Waals surface area contributed by atoms with Gasteiger partial charge in [0.25, 0.3) is 0 Å². The van der Waals surface area contributed by atoms with Gasteiger partial charge in [0.2, 0.25) is 0 Å². The molecule has 3 aliphatic carbocycles. The second kappa shape index (κ2) is 5.65. The molecule has 3 aliphatic rings. The molecule has 2 bridgehead atoms. The van der Waals surface area contributed by atoms with E-state index in [2.05, 4.69) is 53.8 Å². The molecule has 0 atom stereocenters. The molecule has 0 unspecified atom stereocenters. The number of nitrogens with zero attached hydrogens (tertiary/aromatic N) is 3.